The highest BCUT2D eigenvalue weighted by Crippen LogP contribution is 2.33. The number of amides is 1. The van der Waals surface area contributed by atoms with E-state index in [-0.39, 0.29) is 11.4 Å². The molecule has 0 radical (unpaired) electrons. The predicted molar refractivity (Wildman–Crippen MR) is 110 cm³/mol. The number of hydrogen-bond donors (Lipinski definition) is 1. The van der Waals surface area contributed by atoms with Crippen molar-refractivity contribution in [3.05, 3.63) is 35.4 Å². The quantitative estimate of drug-likeness (QED) is 0.789. The average molecular weight is 373 g/mol. The molecule has 4 heteroatoms. The molecule has 1 aliphatic heterocycles. The van der Waals surface area contributed by atoms with Gasteiger partial charge in [0.15, 0.2) is 0 Å². The molecule has 2 aliphatic rings. The number of morpholine rings is 1. The highest BCUT2D eigenvalue weighted by atomic mass is 16.5. The van der Waals surface area contributed by atoms with Crippen LogP contribution >= 0.6 is 0 Å². The van der Waals surface area contributed by atoms with Gasteiger partial charge in [-0.3, -0.25) is 9.69 Å². The third-order valence-electron chi connectivity index (χ3n) is 6.37. The van der Waals surface area contributed by atoms with Gasteiger partial charge >= 0.3 is 0 Å². The summed E-state index contributed by atoms with van der Waals surface area (Å²) in [5, 5.41) is 3.27. The van der Waals surface area contributed by atoms with E-state index in [1.807, 2.05) is 0 Å². The maximum absolute atomic E-state index is 12.5. The molecule has 0 bridgehead atoms. The molecule has 0 unspecified atom stereocenters. The lowest BCUT2D eigenvalue weighted by molar-refractivity contribution is -0.122. The minimum atomic E-state index is 0.149. The highest BCUT2D eigenvalue weighted by molar-refractivity contribution is 5.76. The molecule has 1 aromatic carbocycles. The molecule has 1 aliphatic carbocycles. The molecule has 1 heterocycles. The Hall–Kier alpha value is -1.39. The molecule has 3 rings (SSSR count). The van der Waals surface area contributed by atoms with Gasteiger partial charge in [-0.2, -0.15) is 0 Å². The summed E-state index contributed by atoms with van der Waals surface area (Å²) in [5.41, 5.74) is 2.75. The number of benzene rings is 1. The minimum Gasteiger partial charge on any atom is -0.379 e. The van der Waals surface area contributed by atoms with E-state index < -0.39 is 0 Å². The van der Waals surface area contributed by atoms with Crippen molar-refractivity contribution in [2.45, 2.75) is 70.3 Å². The smallest absolute Gasteiger partial charge is 0.220 e. The number of ether oxygens (including phenoxy) is 1. The van der Waals surface area contributed by atoms with Crippen molar-refractivity contribution in [1.82, 2.24) is 10.2 Å². The standard InChI is InChI=1S/C23H36N2O2/c1-19(2)21-9-6-20(7-10-21)8-11-22(26)24-18-23(12-4-3-5-13-23)25-14-16-27-17-15-25/h6-7,9-10,19H,3-5,8,11-18H2,1-2H3,(H,24,26). The zero-order valence-corrected chi connectivity index (χ0v) is 17.1. The zero-order chi connectivity index (χ0) is 19.1. The normalized spacial score (nSPS) is 20.6. The lowest BCUT2D eigenvalue weighted by Gasteiger charge is -2.48. The number of aryl methyl sites for hydroxylation is 1. The van der Waals surface area contributed by atoms with Gasteiger partial charge in [-0.05, 0) is 36.3 Å². The van der Waals surface area contributed by atoms with Gasteiger partial charge in [-0.15, -0.1) is 0 Å². The molecule has 1 N–H and O–H groups in total. The van der Waals surface area contributed by atoms with E-state index in [0.29, 0.717) is 12.3 Å². The second-order valence-electron chi connectivity index (χ2n) is 8.56. The van der Waals surface area contributed by atoms with Crippen LogP contribution in [0.3, 0.4) is 0 Å². The highest BCUT2D eigenvalue weighted by Gasteiger charge is 2.38. The monoisotopic (exact) mass is 372 g/mol. The second-order valence-corrected chi connectivity index (χ2v) is 8.56. The van der Waals surface area contributed by atoms with Crippen molar-refractivity contribution >= 4 is 5.91 Å². The van der Waals surface area contributed by atoms with Crippen LogP contribution in [-0.2, 0) is 16.0 Å². The fourth-order valence-corrected chi connectivity index (χ4v) is 4.53. The van der Waals surface area contributed by atoms with Gasteiger partial charge in [0, 0.05) is 31.6 Å². The molecule has 1 aromatic rings. The first-order valence-electron chi connectivity index (χ1n) is 10.8. The van der Waals surface area contributed by atoms with Crippen LogP contribution in [0.2, 0.25) is 0 Å². The Labute approximate surface area is 164 Å². The molecule has 4 nitrogen and oxygen atoms in total. The van der Waals surface area contributed by atoms with Gasteiger partial charge in [-0.25, -0.2) is 0 Å². The number of hydrogen-bond acceptors (Lipinski definition) is 3. The Balaban J connectivity index is 1.50. The Morgan fingerprint density at radius 1 is 1.11 bits per heavy atom. The summed E-state index contributed by atoms with van der Waals surface area (Å²) in [6.07, 6.45) is 7.65. The van der Waals surface area contributed by atoms with Crippen LogP contribution in [0.1, 0.15) is 69.4 Å². The summed E-state index contributed by atoms with van der Waals surface area (Å²) >= 11 is 0. The van der Waals surface area contributed by atoms with Gasteiger partial charge in [0.05, 0.1) is 13.2 Å². The summed E-state index contributed by atoms with van der Waals surface area (Å²) in [6, 6.07) is 8.71. The average Bonchev–Trinajstić information content (AvgIpc) is 2.72. The van der Waals surface area contributed by atoms with Crippen molar-refractivity contribution in [2.75, 3.05) is 32.8 Å². The molecule has 0 atom stereocenters. The van der Waals surface area contributed by atoms with Gasteiger partial charge in [-0.1, -0.05) is 57.4 Å². The van der Waals surface area contributed by atoms with E-state index in [1.54, 1.807) is 0 Å². The van der Waals surface area contributed by atoms with Gasteiger partial charge in [0.1, 0.15) is 0 Å². The van der Waals surface area contributed by atoms with E-state index in [0.717, 1.165) is 39.3 Å². The Morgan fingerprint density at radius 2 is 1.78 bits per heavy atom. The van der Waals surface area contributed by atoms with Gasteiger partial charge in [0.2, 0.25) is 5.91 Å². The van der Waals surface area contributed by atoms with E-state index in [2.05, 4.69) is 48.3 Å². The van der Waals surface area contributed by atoms with Crippen molar-refractivity contribution < 1.29 is 9.53 Å². The van der Waals surface area contributed by atoms with Crippen LogP contribution in [0.5, 0.6) is 0 Å². The van der Waals surface area contributed by atoms with Crippen molar-refractivity contribution in [1.29, 1.82) is 0 Å². The molecular formula is C23H36N2O2. The fourth-order valence-electron chi connectivity index (χ4n) is 4.53. The van der Waals surface area contributed by atoms with Crippen LogP contribution in [0.4, 0.5) is 0 Å². The molecule has 150 valence electrons. The molecular weight excluding hydrogens is 336 g/mol. The maximum atomic E-state index is 12.5. The van der Waals surface area contributed by atoms with Crippen molar-refractivity contribution in [3.63, 3.8) is 0 Å². The summed E-state index contributed by atoms with van der Waals surface area (Å²) in [5.74, 6) is 0.732. The summed E-state index contributed by atoms with van der Waals surface area (Å²) < 4.78 is 5.54. The van der Waals surface area contributed by atoms with Crippen LogP contribution in [0.15, 0.2) is 24.3 Å². The molecule has 1 amide bonds. The summed E-state index contributed by atoms with van der Waals surface area (Å²) in [7, 11) is 0. The maximum Gasteiger partial charge on any atom is 0.220 e. The van der Waals surface area contributed by atoms with E-state index in [9.17, 15) is 4.79 Å². The lowest BCUT2D eigenvalue weighted by Crippen LogP contribution is -2.59. The number of nitrogens with one attached hydrogen (secondary N) is 1. The summed E-state index contributed by atoms with van der Waals surface area (Å²) in [6.45, 7) is 8.84. The Bertz CT molecular complexity index is 585. The van der Waals surface area contributed by atoms with E-state index in [1.165, 1.54) is 43.2 Å². The molecule has 0 aromatic heterocycles. The predicted octanol–water partition coefficient (Wildman–Crippen LogP) is 3.89. The molecule has 2 fully saturated rings. The molecule has 27 heavy (non-hydrogen) atoms. The van der Waals surface area contributed by atoms with E-state index in [4.69, 9.17) is 4.74 Å². The molecule has 0 spiro atoms. The summed E-state index contributed by atoms with van der Waals surface area (Å²) in [4.78, 5) is 15.1. The van der Waals surface area contributed by atoms with Crippen LogP contribution in [0, 0.1) is 0 Å². The molecule has 1 saturated carbocycles. The number of nitrogens with zero attached hydrogens (tertiary/aromatic N) is 1. The largest absolute Gasteiger partial charge is 0.379 e. The molecule has 1 saturated heterocycles. The first kappa shape index (κ1) is 20.3. The second kappa shape index (κ2) is 9.70. The van der Waals surface area contributed by atoms with Crippen LogP contribution in [-0.4, -0.2) is 49.2 Å². The Kier molecular flexibility index (Phi) is 7.31. The SMILES string of the molecule is CC(C)c1ccc(CCC(=O)NCC2(N3CCOCC3)CCCCC2)cc1. The number of carbonyl (C=O) groups excluding carboxylic acids is 1. The van der Waals surface area contributed by atoms with Crippen molar-refractivity contribution in [3.8, 4) is 0 Å². The van der Waals surface area contributed by atoms with Crippen LogP contribution in [0.25, 0.3) is 0 Å². The van der Waals surface area contributed by atoms with Crippen molar-refractivity contribution in [2.24, 2.45) is 0 Å². The van der Waals surface area contributed by atoms with E-state index >= 15 is 0 Å². The minimum absolute atomic E-state index is 0.149. The fraction of sp³-hybridized carbons (Fsp3) is 0.696. The number of carbonyl (C=O) groups is 1. The van der Waals surface area contributed by atoms with Gasteiger partial charge < -0.3 is 10.1 Å². The lowest BCUT2D eigenvalue weighted by atomic mass is 9.79. The van der Waals surface area contributed by atoms with Crippen LogP contribution < -0.4 is 5.32 Å². The first-order chi connectivity index (χ1) is 13.1. The topological polar surface area (TPSA) is 41.6 Å². The third-order valence-corrected chi connectivity index (χ3v) is 6.37. The zero-order valence-electron chi connectivity index (χ0n) is 17.1. The number of rotatable bonds is 7. The van der Waals surface area contributed by atoms with Gasteiger partial charge in [0.25, 0.3) is 0 Å². The third kappa shape index (κ3) is 5.55. The Morgan fingerprint density at radius 3 is 2.41 bits per heavy atom. The first-order valence-corrected chi connectivity index (χ1v) is 10.8.